The molecule has 0 fully saturated rings. The number of rotatable bonds is 11. The van der Waals surface area contributed by atoms with Gasteiger partial charge in [0.05, 0.1) is 33.5 Å². The molecule has 1 aromatic carbocycles. The zero-order valence-corrected chi connectivity index (χ0v) is 16.3. The fraction of sp³-hybridized carbons (Fsp3) is 0.529. The van der Waals surface area contributed by atoms with Gasteiger partial charge in [-0.3, -0.25) is 5.41 Å². The molecule has 0 bridgehead atoms. The molecule has 8 nitrogen and oxygen atoms in total. The van der Waals surface area contributed by atoms with Gasteiger partial charge in [0.15, 0.2) is 17.5 Å². The van der Waals surface area contributed by atoms with Crippen LogP contribution < -0.4 is 24.8 Å². The monoisotopic (exact) mass is 385 g/mol. The summed E-state index contributed by atoms with van der Waals surface area (Å²) in [4.78, 5) is 12.2. The Morgan fingerprint density at radius 1 is 1.04 bits per heavy atom. The van der Waals surface area contributed by atoms with Gasteiger partial charge in [-0.15, -0.1) is 0 Å². The van der Waals surface area contributed by atoms with Crippen molar-refractivity contribution in [3.8, 4) is 17.2 Å². The van der Waals surface area contributed by atoms with Crippen LogP contribution in [-0.4, -0.2) is 58.7 Å². The van der Waals surface area contributed by atoms with Gasteiger partial charge in [0.25, 0.3) is 0 Å². The van der Waals surface area contributed by atoms with Crippen LogP contribution in [0.1, 0.15) is 23.2 Å². The van der Waals surface area contributed by atoms with Crippen LogP contribution in [0.5, 0.6) is 17.2 Å². The third-order valence-corrected chi connectivity index (χ3v) is 3.64. The Balaban J connectivity index is 2.43. The molecule has 3 N–H and O–H groups in total. The van der Waals surface area contributed by atoms with E-state index in [0.29, 0.717) is 48.1 Å². The minimum absolute atomic E-state index is 0.272. The molecule has 0 spiro atoms. The molecule has 0 aliphatic heterocycles. The standard InChI is InChI=1S/C17H27N3O5S/c1-22-13-10-12(11-14(23-2)15(13)24-3)16(21)25-8-5-4-6-19-17(18)20-7-9-26/h10-11,26H,4-9H2,1-3H3,(H3,18,19,20). The molecule has 0 aliphatic rings. The van der Waals surface area contributed by atoms with Crippen molar-refractivity contribution in [3.63, 3.8) is 0 Å². The summed E-state index contributed by atoms with van der Waals surface area (Å²) in [5.41, 5.74) is 0.329. The Kier molecular flexibility index (Phi) is 10.1. The van der Waals surface area contributed by atoms with E-state index in [0.717, 1.165) is 6.42 Å². The molecule has 0 aromatic heterocycles. The predicted molar refractivity (Wildman–Crippen MR) is 103 cm³/mol. The molecule has 0 heterocycles. The molecule has 0 unspecified atom stereocenters. The number of methoxy groups -OCH3 is 3. The van der Waals surface area contributed by atoms with E-state index >= 15 is 0 Å². The van der Waals surface area contributed by atoms with Crippen molar-refractivity contribution in [1.82, 2.24) is 10.6 Å². The van der Waals surface area contributed by atoms with E-state index in [2.05, 4.69) is 23.3 Å². The maximum Gasteiger partial charge on any atom is 0.338 e. The van der Waals surface area contributed by atoms with Gasteiger partial charge in [0, 0.05) is 18.8 Å². The van der Waals surface area contributed by atoms with Gasteiger partial charge in [-0.1, -0.05) is 0 Å². The summed E-state index contributed by atoms with van der Waals surface area (Å²) in [6.45, 7) is 1.55. The van der Waals surface area contributed by atoms with Gasteiger partial charge in [0.2, 0.25) is 5.75 Å². The van der Waals surface area contributed by atoms with E-state index < -0.39 is 5.97 Å². The van der Waals surface area contributed by atoms with Crippen molar-refractivity contribution >= 4 is 24.6 Å². The summed E-state index contributed by atoms with van der Waals surface area (Å²) >= 11 is 4.06. The molecular weight excluding hydrogens is 358 g/mol. The van der Waals surface area contributed by atoms with E-state index in [4.69, 9.17) is 24.4 Å². The zero-order valence-electron chi connectivity index (χ0n) is 15.4. The first-order valence-corrected chi connectivity index (χ1v) is 8.84. The lowest BCUT2D eigenvalue weighted by atomic mass is 10.2. The van der Waals surface area contributed by atoms with Crippen molar-refractivity contribution in [1.29, 1.82) is 5.41 Å². The average Bonchev–Trinajstić information content (AvgIpc) is 2.67. The lowest BCUT2D eigenvalue weighted by Crippen LogP contribution is -2.37. The SMILES string of the molecule is COc1cc(C(=O)OCCCCNC(=N)NCCS)cc(OC)c1OC. The summed E-state index contributed by atoms with van der Waals surface area (Å²) < 4.78 is 21.0. The van der Waals surface area contributed by atoms with E-state index in [1.165, 1.54) is 21.3 Å². The van der Waals surface area contributed by atoms with Gasteiger partial charge >= 0.3 is 5.97 Å². The summed E-state index contributed by atoms with van der Waals surface area (Å²) in [6, 6.07) is 3.11. The summed E-state index contributed by atoms with van der Waals surface area (Å²) in [7, 11) is 4.48. The molecule has 0 radical (unpaired) electrons. The second kappa shape index (κ2) is 12.1. The first-order chi connectivity index (χ1) is 12.6. The average molecular weight is 385 g/mol. The molecule has 26 heavy (non-hydrogen) atoms. The normalized spacial score (nSPS) is 10.0. The first kappa shape index (κ1) is 21.8. The maximum atomic E-state index is 12.2. The maximum absolute atomic E-state index is 12.2. The number of carbonyl (C=O) groups is 1. The fourth-order valence-corrected chi connectivity index (χ4v) is 2.24. The van der Waals surface area contributed by atoms with Gasteiger partial charge in [0.1, 0.15) is 0 Å². The van der Waals surface area contributed by atoms with Crippen molar-refractivity contribution in [3.05, 3.63) is 17.7 Å². The Morgan fingerprint density at radius 3 is 2.19 bits per heavy atom. The zero-order chi connectivity index (χ0) is 19.4. The minimum atomic E-state index is -0.458. The van der Waals surface area contributed by atoms with Crippen molar-refractivity contribution in [2.24, 2.45) is 0 Å². The number of hydrogen-bond acceptors (Lipinski definition) is 7. The second-order valence-corrected chi connectivity index (χ2v) is 5.66. The van der Waals surface area contributed by atoms with Crippen LogP contribution >= 0.6 is 12.6 Å². The van der Waals surface area contributed by atoms with Gasteiger partial charge in [-0.2, -0.15) is 12.6 Å². The number of ether oxygens (including phenoxy) is 4. The molecule has 0 amide bonds. The smallest absolute Gasteiger partial charge is 0.338 e. The molecule has 0 aliphatic carbocycles. The van der Waals surface area contributed by atoms with E-state index in [9.17, 15) is 4.79 Å². The summed E-state index contributed by atoms with van der Waals surface area (Å²) in [5.74, 6) is 1.70. The van der Waals surface area contributed by atoms with Crippen molar-refractivity contribution in [2.45, 2.75) is 12.8 Å². The Morgan fingerprint density at radius 2 is 1.65 bits per heavy atom. The number of guanidine groups is 1. The fourth-order valence-electron chi connectivity index (χ4n) is 2.13. The largest absolute Gasteiger partial charge is 0.493 e. The molecule has 1 aromatic rings. The molecule has 0 saturated heterocycles. The molecular formula is C17H27N3O5S. The highest BCUT2D eigenvalue weighted by Gasteiger charge is 2.17. The highest BCUT2D eigenvalue weighted by molar-refractivity contribution is 7.80. The third kappa shape index (κ3) is 6.91. The van der Waals surface area contributed by atoms with Gasteiger partial charge in [-0.05, 0) is 25.0 Å². The number of carbonyl (C=O) groups excluding carboxylic acids is 1. The van der Waals surface area contributed by atoms with Crippen LogP contribution in [0.15, 0.2) is 12.1 Å². The second-order valence-electron chi connectivity index (χ2n) is 5.21. The highest BCUT2D eigenvalue weighted by atomic mass is 32.1. The summed E-state index contributed by atoms with van der Waals surface area (Å²) in [6.07, 6.45) is 1.45. The minimum Gasteiger partial charge on any atom is -0.493 e. The molecule has 1 rings (SSSR count). The number of unbranched alkanes of at least 4 members (excludes halogenated alkanes) is 1. The molecule has 146 valence electrons. The molecule has 9 heteroatoms. The van der Waals surface area contributed by atoms with Gasteiger partial charge < -0.3 is 29.6 Å². The van der Waals surface area contributed by atoms with Crippen LogP contribution in [-0.2, 0) is 4.74 Å². The van der Waals surface area contributed by atoms with Crippen LogP contribution in [0.3, 0.4) is 0 Å². The predicted octanol–water partition coefficient (Wildman–Crippen LogP) is 1.69. The molecule has 0 atom stereocenters. The van der Waals surface area contributed by atoms with Crippen LogP contribution in [0.25, 0.3) is 0 Å². The van der Waals surface area contributed by atoms with Gasteiger partial charge in [-0.25, -0.2) is 4.79 Å². The number of thiol groups is 1. The van der Waals surface area contributed by atoms with Crippen molar-refractivity contribution in [2.75, 3.05) is 46.8 Å². The first-order valence-electron chi connectivity index (χ1n) is 8.21. The van der Waals surface area contributed by atoms with Crippen molar-refractivity contribution < 1.29 is 23.7 Å². The van der Waals surface area contributed by atoms with Crippen LogP contribution in [0.4, 0.5) is 0 Å². The topological polar surface area (TPSA) is 102 Å². The number of nitrogens with one attached hydrogen (secondary N) is 3. The number of benzene rings is 1. The van der Waals surface area contributed by atoms with E-state index in [-0.39, 0.29) is 12.6 Å². The Bertz CT molecular complexity index is 573. The number of esters is 1. The van der Waals surface area contributed by atoms with E-state index in [1.54, 1.807) is 12.1 Å². The lowest BCUT2D eigenvalue weighted by Gasteiger charge is -2.14. The van der Waals surface area contributed by atoms with Crippen LogP contribution in [0, 0.1) is 5.41 Å². The lowest BCUT2D eigenvalue weighted by molar-refractivity contribution is 0.0497. The third-order valence-electron chi connectivity index (χ3n) is 3.42. The van der Waals surface area contributed by atoms with E-state index in [1.807, 2.05) is 0 Å². The quantitative estimate of drug-likeness (QED) is 0.151. The Labute approximate surface area is 159 Å². The summed E-state index contributed by atoms with van der Waals surface area (Å²) in [5, 5.41) is 13.4. The molecule has 0 saturated carbocycles. The number of hydrogen-bond donors (Lipinski definition) is 4. The Hall–Kier alpha value is -2.29. The van der Waals surface area contributed by atoms with Crippen LogP contribution in [0.2, 0.25) is 0 Å². The highest BCUT2D eigenvalue weighted by Crippen LogP contribution is 2.38.